The van der Waals surface area contributed by atoms with Gasteiger partial charge in [-0.1, -0.05) is 0 Å². The van der Waals surface area contributed by atoms with Crippen molar-refractivity contribution in [1.29, 1.82) is 0 Å². The van der Waals surface area contributed by atoms with Crippen LogP contribution in [0.15, 0.2) is 41.4 Å². The van der Waals surface area contributed by atoms with Crippen molar-refractivity contribution in [2.45, 2.75) is 0 Å². The van der Waals surface area contributed by atoms with Crippen LogP contribution in [0.25, 0.3) is 0 Å². The smallest absolute Gasteiger partial charge is 0.163 e. The van der Waals surface area contributed by atoms with Crippen molar-refractivity contribution in [2.75, 3.05) is 13.2 Å². The monoisotopic (exact) mass is 271 g/mol. The molecule has 1 aliphatic rings. The van der Waals surface area contributed by atoms with E-state index in [0.717, 1.165) is 0 Å². The number of phenolic OH excluding ortho intramolecular Hbond substituents is 2. The fourth-order valence-electron chi connectivity index (χ4n) is 1.90. The molecule has 0 aliphatic carbocycles. The van der Waals surface area contributed by atoms with E-state index in [1.54, 1.807) is 18.2 Å². The van der Waals surface area contributed by atoms with Gasteiger partial charge >= 0.3 is 0 Å². The lowest BCUT2D eigenvalue weighted by molar-refractivity contribution is 0.171. The molecule has 0 bridgehead atoms. The normalized spacial score (nSPS) is 13.6. The van der Waals surface area contributed by atoms with Gasteiger partial charge in [0.1, 0.15) is 24.7 Å². The number of phenols is 2. The topological polar surface area (TPSA) is 71.3 Å². The second-order valence-electron chi connectivity index (χ2n) is 4.33. The van der Waals surface area contributed by atoms with Crippen LogP contribution in [0.4, 0.5) is 5.69 Å². The van der Waals surface area contributed by atoms with E-state index in [2.05, 4.69) is 4.99 Å². The molecule has 2 aromatic rings. The molecule has 0 fully saturated rings. The second-order valence-corrected chi connectivity index (χ2v) is 4.33. The number of hydrogen-bond donors (Lipinski definition) is 2. The van der Waals surface area contributed by atoms with Crippen LogP contribution in [0.3, 0.4) is 0 Å². The molecule has 5 heteroatoms. The van der Waals surface area contributed by atoms with Gasteiger partial charge in [0.2, 0.25) is 0 Å². The summed E-state index contributed by atoms with van der Waals surface area (Å²) in [6.45, 7) is 1.07. The van der Waals surface area contributed by atoms with E-state index < -0.39 is 0 Å². The van der Waals surface area contributed by atoms with Crippen LogP contribution in [0.2, 0.25) is 0 Å². The first-order chi connectivity index (χ1) is 9.72. The molecule has 5 nitrogen and oxygen atoms in total. The maximum absolute atomic E-state index is 9.66. The summed E-state index contributed by atoms with van der Waals surface area (Å²) in [5.74, 6) is 1.50. The van der Waals surface area contributed by atoms with Crippen LogP contribution in [-0.2, 0) is 0 Å². The van der Waals surface area contributed by atoms with E-state index in [9.17, 15) is 10.2 Å². The summed E-state index contributed by atoms with van der Waals surface area (Å²) in [7, 11) is 0. The standard InChI is InChI=1S/C15H13NO4/c17-12-2-3-13(18)10(7-12)9-16-11-1-4-14-15(8-11)20-6-5-19-14/h1-4,7-9,17-18H,5-6H2/b16-9+. The summed E-state index contributed by atoms with van der Waals surface area (Å²) in [5, 5.41) is 19.0. The van der Waals surface area contributed by atoms with Crippen molar-refractivity contribution in [3.8, 4) is 23.0 Å². The van der Waals surface area contributed by atoms with Gasteiger partial charge in [-0.3, -0.25) is 4.99 Å². The van der Waals surface area contributed by atoms with Crippen LogP contribution < -0.4 is 9.47 Å². The summed E-state index contributed by atoms with van der Waals surface area (Å²) < 4.78 is 10.9. The van der Waals surface area contributed by atoms with Crippen molar-refractivity contribution in [2.24, 2.45) is 4.99 Å². The van der Waals surface area contributed by atoms with Gasteiger partial charge in [-0.15, -0.1) is 0 Å². The van der Waals surface area contributed by atoms with Crippen molar-refractivity contribution in [3.63, 3.8) is 0 Å². The molecule has 0 atom stereocenters. The Bertz CT molecular complexity index is 667. The quantitative estimate of drug-likeness (QED) is 0.650. The van der Waals surface area contributed by atoms with E-state index in [1.165, 1.54) is 24.4 Å². The third-order valence-electron chi connectivity index (χ3n) is 2.89. The Labute approximate surface area is 115 Å². The lowest BCUT2D eigenvalue weighted by Crippen LogP contribution is -2.14. The van der Waals surface area contributed by atoms with Gasteiger partial charge in [0.05, 0.1) is 5.69 Å². The molecule has 20 heavy (non-hydrogen) atoms. The number of ether oxygens (including phenoxy) is 2. The Morgan fingerprint density at radius 2 is 1.75 bits per heavy atom. The van der Waals surface area contributed by atoms with Crippen LogP contribution in [0.1, 0.15) is 5.56 Å². The molecule has 1 aliphatic heterocycles. The van der Waals surface area contributed by atoms with Gasteiger partial charge in [-0.2, -0.15) is 0 Å². The third kappa shape index (κ3) is 2.51. The van der Waals surface area contributed by atoms with Gasteiger partial charge in [0.25, 0.3) is 0 Å². The average Bonchev–Trinajstić information content (AvgIpc) is 2.48. The Hall–Kier alpha value is -2.69. The van der Waals surface area contributed by atoms with Gasteiger partial charge in [0, 0.05) is 17.8 Å². The zero-order valence-electron chi connectivity index (χ0n) is 10.6. The molecular formula is C15H13NO4. The molecule has 1 heterocycles. The highest BCUT2D eigenvalue weighted by Crippen LogP contribution is 2.33. The fourth-order valence-corrected chi connectivity index (χ4v) is 1.90. The number of benzene rings is 2. The Kier molecular flexibility index (Phi) is 3.16. The lowest BCUT2D eigenvalue weighted by Gasteiger charge is -2.18. The van der Waals surface area contributed by atoms with E-state index >= 15 is 0 Å². The van der Waals surface area contributed by atoms with Crippen LogP contribution in [0, 0.1) is 0 Å². The van der Waals surface area contributed by atoms with E-state index in [1.807, 2.05) is 0 Å². The number of rotatable bonds is 2. The minimum atomic E-state index is 0.0593. The number of hydrogen-bond acceptors (Lipinski definition) is 5. The molecule has 0 unspecified atom stereocenters. The first kappa shape index (κ1) is 12.3. The number of nitrogens with zero attached hydrogens (tertiary/aromatic N) is 1. The minimum Gasteiger partial charge on any atom is -0.508 e. The highest BCUT2D eigenvalue weighted by Gasteiger charge is 2.11. The Balaban J connectivity index is 1.87. The fraction of sp³-hybridized carbons (Fsp3) is 0.133. The van der Waals surface area contributed by atoms with Gasteiger partial charge in [-0.25, -0.2) is 0 Å². The molecule has 0 saturated carbocycles. The summed E-state index contributed by atoms with van der Waals surface area (Å²) in [6, 6.07) is 9.63. The Morgan fingerprint density at radius 3 is 2.60 bits per heavy atom. The SMILES string of the molecule is Oc1ccc(O)c(/C=N/c2ccc3c(c2)OCCO3)c1. The van der Waals surface area contributed by atoms with E-state index in [4.69, 9.17) is 9.47 Å². The van der Waals surface area contributed by atoms with Crippen molar-refractivity contribution < 1.29 is 19.7 Å². The number of fused-ring (bicyclic) bond motifs is 1. The number of aliphatic imine (C=N–C) groups is 1. The summed E-state index contributed by atoms with van der Waals surface area (Å²) in [5.41, 5.74) is 1.12. The molecule has 2 aromatic carbocycles. The Morgan fingerprint density at radius 1 is 0.950 bits per heavy atom. The van der Waals surface area contributed by atoms with Gasteiger partial charge in [-0.05, 0) is 30.3 Å². The van der Waals surface area contributed by atoms with E-state index in [-0.39, 0.29) is 11.5 Å². The molecule has 0 aromatic heterocycles. The maximum Gasteiger partial charge on any atom is 0.163 e. The molecule has 0 saturated heterocycles. The van der Waals surface area contributed by atoms with Crippen LogP contribution in [0.5, 0.6) is 23.0 Å². The summed E-state index contributed by atoms with van der Waals surface area (Å²) >= 11 is 0. The molecule has 102 valence electrons. The molecule has 0 radical (unpaired) electrons. The van der Waals surface area contributed by atoms with Gasteiger partial charge in [0.15, 0.2) is 11.5 Å². The maximum atomic E-state index is 9.66. The zero-order valence-corrected chi connectivity index (χ0v) is 10.6. The average molecular weight is 271 g/mol. The minimum absolute atomic E-state index is 0.0593. The molecule has 3 rings (SSSR count). The summed E-state index contributed by atoms with van der Waals surface area (Å²) in [6.07, 6.45) is 1.49. The molecule has 0 spiro atoms. The predicted octanol–water partition coefficient (Wildman–Crippen LogP) is 2.62. The third-order valence-corrected chi connectivity index (χ3v) is 2.89. The highest BCUT2D eigenvalue weighted by atomic mass is 16.6. The van der Waals surface area contributed by atoms with Crippen molar-refractivity contribution in [1.82, 2.24) is 0 Å². The molecule has 2 N–H and O–H groups in total. The lowest BCUT2D eigenvalue weighted by atomic mass is 10.2. The van der Waals surface area contributed by atoms with Crippen LogP contribution in [-0.4, -0.2) is 29.6 Å². The first-order valence-electron chi connectivity index (χ1n) is 6.18. The molecule has 0 amide bonds. The zero-order chi connectivity index (χ0) is 13.9. The summed E-state index contributed by atoms with van der Waals surface area (Å²) in [4.78, 5) is 4.25. The molecular weight excluding hydrogens is 258 g/mol. The highest BCUT2D eigenvalue weighted by molar-refractivity contribution is 5.86. The van der Waals surface area contributed by atoms with Gasteiger partial charge < -0.3 is 19.7 Å². The van der Waals surface area contributed by atoms with Crippen molar-refractivity contribution in [3.05, 3.63) is 42.0 Å². The second kappa shape index (κ2) is 5.13. The van der Waals surface area contributed by atoms with E-state index in [0.29, 0.717) is 36.0 Å². The number of aromatic hydroxyl groups is 2. The van der Waals surface area contributed by atoms with Crippen molar-refractivity contribution >= 4 is 11.9 Å². The predicted molar refractivity (Wildman–Crippen MR) is 74.5 cm³/mol. The first-order valence-corrected chi connectivity index (χ1v) is 6.18. The largest absolute Gasteiger partial charge is 0.508 e. The van der Waals surface area contributed by atoms with Crippen LogP contribution >= 0.6 is 0 Å².